The second-order valence-corrected chi connectivity index (χ2v) is 9.43. The summed E-state index contributed by atoms with van der Waals surface area (Å²) in [7, 11) is -3.71. The Morgan fingerprint density at radius 1 is 1.42 bits per heavy atom. The molecule has 1 aliphatic rings. The predicted octanol–water partition coefficient (Wildman–Crippen LogP) is 2.52. The first-order valence-electron chi connectivity index (χ1n) is 8.24. The van der Waals surface area contributed by atoms with E-state index in [9.17, 15) is 13.2 Å². The number of fused-ring (bicyclic) bond motifs is 1. The molecule has 9 heteroatoms. The normalized spacial score (nSPS) is 18.3. The lowest BCUT2D eigenvalue weighted by molar-refractivity contribution is -0.121. The maximum Gasteiger partial charge on any atom is 0.243 e. The van der Waals surface area contributed by atoms with Gasteiger partial charge in [-0.15, -0.1) is 0 Å². The van der Waals surface area contributed by atoms with Crippen molar-refractivity contribution in [3.8, 4) is 0 Å². The summed E-state index contributed by atoms with van der Waals surface area (Å²) in [6.07, 6.45) is 6.03. The highest BCUT2D eigenvalue weighted by atomic mass is 35.5. The highest BCUT2D eigenvalue weighted by molar-refractivity contribution is 7.98. The summed E-state index contributed by atoms with van der Waals surface area (Å²) in [6, 6.07) is 4.87. The average molecular weight is 414 g/mol. The number of thioether (sulfide) groups is 1. The van der Waals surface area contributed by atoms with Crippen LogP contribution in [0.25, 0.3) is 10.8 Å². The molecular formula is C17H20ClN3O3S2. The zero-order chi connectivity index (χ0) is 18.7. The minimum atomic E-state index is -3.71. The highest BCUT2D eigenvalue weighted by Gasteiger charge is 2.34. The minimum absolute atomic E-state index is 0.0390. The van der Waals surface area contributed by atoms with Crippen LogP contribution in [0.4, 0.5) is 0 Å². The van der Waals surface area contributed by atoms with Crippen LogP contribution in [0.1, 0.15) is 12.8 Å². The van der Waals surface area contributed by atoms with Crippen LogP contribution in [-0.4, -0.2) is 54.8 Å². The van der Waals surface area contributed by atoms with Crippen molar-refractivity contribution in [2.45, 2.75) is 23.8 Å². The van der Waals surface area contributed by atoms with Crippen LogP contribution < -0.4 is 5.32 Å². The maximum atomic E-state index is 13.1. The molecule has 1 fully saturated rings. The number of nitrogens with one attached hydrogen (secondary N) is 1. The van der Waals surface area contributed by atoms with E-state index in [1.807, 2.05) is 6.26 Å². The van der Waals surface area contributed by atoms with E-state index >= 15 is 0 Å². The molecule has 2 aromatic rings. The number of aromatic nitrogens is 1. The lowest BCUT2D eigenvalue weighted by Gasteiger charge is -2.18. The van der Waals surface area contributed by atoms with Crippen molar-refractivity contribution < 1.29 is 13.2 Å². The molecule has 1 aliphatic heterocycles. The van der Waals surface area contributed by atoms with Crippen LogP contribution >= 0.6 is 23.4 Å². The van der Waals surface area contributed by atoms with Gasteiger partial charge in [-0.05, 0) is 18.7 Å². The Kier molecular flexibility index (Phi) is 6.06. The Labute approximate surface area is 162 Å². The van der Waals surface area contributed by atoms with E-state index in [-0.39, 0.29) is 23.4 Å². The smallest absolute Gasteiger partial charge is 0.243 e. The van der Waals surface area contributed by atoms with Gasteiger partial charge in [-0.2, -0.15) is 16.1 Å². The molecule has 1 aromatic carbocycles. The monoisotopic (exact) mass is 413 g/mol. The lowest BCUT2D eigenvalue weighted by atomic mass is 10.2. The van der Waals surface area contributed by atoms with Crippen LogP contribution in [0.15, 0.2) is 35.5 Å². The Hall–Kier alpha value is -1.35. The minimum Gasteiger partial charge on any atom is -0.352 e. The molecule has 3 rings (SSSR count). The summed E-state index contributed by atoms with van der Waals surface area (Å²) in [4.78, 5) is 16.1. The van der Waals surface area contributed by atoms with Gasteiger partial charge < -0.3 is 5.32 Å². The second-order valence-electron chi connectivity index (χ2n) is 6.13. The van der Waals surface area contributed by atoms with Crippen LogP contribution in [0.2, 0.25) is 5.02 Å². The fourth-order valence-electron chi connectivity index (χ4n) is 3.07. The number of carbonyl (C=O) groups excluding carboxylic acids is 1. The molecule has 0 bridgehead atoms. The first-order chi connectivity index (χ1) is 12.4. The molecule has 2 heterocycles. The number of halogens is 1. The van der Waals surface area contributed by atoms with Crippen molar-refractivity contribution >= 4 is 50.1 Å². The molecule has 1 saturated heterocycles. The van der Waals surface area contributed by atoms with Crippen LogP contribution in [0.3, 0.4) is 0 Å². The molecule has 1 unspecified atom stereocenters. The highest BCUT2D eigenvalue weighted by Crippen LogP contribution is 2.32. The summed E-state index contributed by atoms with van der Waals surface area (Å²) < 4.78 is 27.7. The Bertz CT molecular complexity index is 915. The molecule has 1 aromatic heterocycles. The first-order valence-corrected chi connectivity index (χ1v) is 11.5. The second kappa shape index (κ2) is 8.12. The van der Waals surface area contributed by atoms with E-state index in [1.54, 1.807) is 36.2 Å². The summed E-state index contributed by atoms with van der Waals surface area (Å²) in [5.74, 6) is 0.714. The maximum absolute atomic E-state index is 13.1. The zero-order valence-corrected chi connectivity index (χ0v) is 16.7. The molecular weight excluding hydrogens is 394 g/mol. The Morgan fingerprint density at radius 3 is 3.00 bits per heavy atom. The number of hydrogen-bond acceptors (Lipinski definition) is 5. The van der Waals surface area contributed by atoms with Gasteiger partial charge in [0.2, 0.25) is 15.9 Å². The standard InChI is InChI=1S/C17H20ClN3O3S2/c1-25-8-6-16(22)20-13-5-7-21(11-13)26(23,24)15-4-2-3-12-9-19-10-14(18)17(12)15/h2-4,9-10,13H,5-8,11H2,1H3,(H,20,22). The van der Waals surface area contributed by atoms with E-state index in [2.05, 4.69) is 10.3 Å². The van der Waals surface area contributed by atoms with Gasteiger partial charge >= 0.3 is 0 Å². The number of hydrogen-bond donors (Lipinski definition) is 1. The van der Waals surface area contributed by atoms with Gasteiger partial charge in [-0.3, -0.25) is 9.78 Å². The molecule has 0 aliphatic carbocycles. The number of benzene rings is 1. The van der Waals surface area contributed by atoms with Gasteiger partial charge in [0.05, 0.1) is 9.92 Å². The number of carbonyl (C=O) groups is 1. The number of amides is 1. The molecule has 26 heavy (non-hydrogen) atoms. The molecule has 0 radical (unpaired) electrons. The van der Waals surface area contributed by atoms with Gasteiger partial charge in [-0.1, -0.05) is 23.7 Å². The number of nitrogens with zero attached hydrogens (tertiary/aromatic N) is 2. The Morgan fingerprint density at radius 2 is 2.23 bits per heavy atom. The third-order valence-corrected chi connectivity index (χ3v) is 7.17. The summed E-state index contributed by atoms with van der Waals surface area (Å²) in [5, 5.41) is 4.39. The number of rotatable bonds is 6. The van der Waals surface area contributed by atoms with E-state index < -0.39 is 10.0 Å². The number of sulfonamides is 1. The summed E-state index contributed by atoms with van der Waals surface area (Å²) in [5.41, 5.74) is 0. The topological polar surface area (TPSA) is 79.4 Å². The molecule has 1 amide bonds. The fourth-order valence-corrected chi connectivity index (χ4v) is 5.52. The van der Waals surface area contributed by atoms with E-state index in [4.69, 9.17) is 11.6 Å². The van der Waals surface area contributed by atoms with Crippen LogP contribution in [-0.2, 0) is 14.8 Å². The van der Waals surface area contributed by atoms with Crippen molar-refractivity contribution in [2.24, 2.45) is 0 Å². The largest absolute Gasteiger partial charge is 0.352 e. The predicted molar refractivity (Wildman–Crippen MR) is 105 cm³/mol. The van der Waals surface area contributed by atoms with Crippen molar-refractivity contribution in [3.63, 3.8) is 0 Å². The van der Waals surface area contributed by atoms with Gasteiger partial charge in [0.15, 0.2) is 0 Å². The van der Waals surface area contributed by atoms with E-state index in [1.165, 1.54) is 10.5 Å². The van der Waals surface area contributed by atoms with Gasteiger partial charge in [0.1, 0.15) is 0 Å². The number of pyridine rings is 1. The van der Waals surface area contributed by atoms with Crippen LogP contribution in [0, 0.1) is 0 Å². The third kappa shape index (κ3) is 3.98. The average Bonchev–Trinajstić information content (AvgIpc) is 3.09. The molecule has 1 N–H and O–H groups in total. The van der Waals surface area contributed by atoms with Crippen molar-refractivity contribution in [3.05, 3.63) is 35.6 Å². The molecule has 1 atom stereocenters. The fraction of sp³-hybridized carbons (Fsp3) is 0.412. The van der Waals surface area contributed by atoms with E-state index in [0.29, 0.717) is 35.2 Å². The van der Waals surface area contributed by atoms with Crippen molar-refractivity contribution in [1.29, 1.82) is 0 Å². The first kappa shape index (κ1) is 19.4. The van der Waals surface area contributed by atoms with Crippen molar-refractivity contribution in [1.82, 2.24) is 14.6 Å². The molecule has 0 spiro atoms. The van der Waals surface area contributed by atoms with Gasteiger partial charge in [0.25, 0.3) is 0 Å². The molecule has 140 valence electrons. The summed E-state index contributed by atoms with van der Waals surface area (Å²) >= 11 is 7.82. The zero-order valence-electron chi connectivity index (χ0n) is 14.3. The lowest BCUT2D eigenvalue weighted by Crippen LogP contribution is -2.38. The van der Waals surface area contributed by atoms with Gasteiger partial charge in [0, 0.05) is 54.5 Å². The third-order valence-electron chi connectivity index (χ3n) is 4.37. The van der Waals surface area contributed by atoms with Crippen LogP contribution in [0.5, 0.6) is 0 Å². The summed E-state index contributed by atoms with van der Waals surface area (Å²) in [6.45, 7) is 0.640. The quantitative estimate of drug-likeness (QED) is 0.787. The van der Waals surface area contributed by atoms with Crippen molar-refractivity contribution in [2.75, 3.05) is 25.1 Å². The molecule has 0 saturated carbocycles. The van der Waals surface area contributed by atoms with Gasteiger partial charge in [-0.25, -0.2) is 8.42 Å². The molecule has 6 nitrogen and oxygen atoms in total. The Balaban J connectivity index is 1.81. The SMILES string of the molecule is CSCCC(=O)NC1CCN(S(=O)(=O)c2cccc3cncc(Cl)c23)C1. The van der Waals surface area contributed by atoms with E-state index in [0.717, 1.165) is 5.75 Å².